The minimum Gasteiger partial charge on any atom is -0.448 e. The van der Waals surface area contributed by atoms with Gasteiger partial charge in [-0.15, -0.1) is 0 Å². The number of rotatable bonds is 1. The second-order valence-electron chi connectivity index (χ2n) is 15.1. The molecule has 1 aliphatic heterocycles. The Labute approximate surface area is 233 Å². The summed E-state index contributed by atoms with van der Waals surface area (Å²) in [4.78, 5) is 42.9. The van der Waals surface area contributed by atoms with Gasteiger partial charge in [0.05, 0.1) is 17.7 Å². The quantitative estimate of drug-likeness (QED) is 0.397. The van der Waals surface area contributed by atoms with E-state index in [1.807, 2.05) is 30.9 Å². The van der Waals surface area contributed by atoms with E-state index in [-0.39, 0.29) is 57.4 Å². The Balaban J connectivity index is 1.53. The van der Waals surface area contributed by atoms with Crippen molar-refractivity contribution in [2.75, 3.05) is 13.2 Å². The molecule has 0 spiro atoms. The van der Waals surface area contributed by atoms with Crippen molar-refractivity contribution in [3.05, 3.63) is 23.3 Å². The van der Waals surface area contributed by atoms with Crippen molar-refractivity contribution in [3.8, 4) is 6.07 Å². The van der Waals surface area contributed by atoms with E-state index in [4.69, 9.17) is 4.74 Å². The maximum atomic E-state index is 14.6. The van der Waals surface area contributed by atoms with Gasteiger partial charge in [-0.05, 0) is 79.1 Å². The van der Waals surface area contributed by atoms with Crippen molar-refractivity contribution in [2.45, 2.75) is 92.5 Å². The summed E-state index contributed by atoms with van der Waals surface area (Å²) in [6.07, 6.45) is 9.18. The number of Topliss-reactive ketones (excluding diaryl/α,β-unsaturated/α-hetero) is 1. The average molecular weight is 533 g/mol. The summed E-state index contributed by atoms with van der Waals surface area (Å²) in [6.45, 7) is 16.5. The minimum atomic E-state index is -0.664. The lowest BCUT2D eigenvalue weighted by molar-refractivity contribution is -0.177. The molecule has 0 radical (unpaired) electrons. The number of nitrogens with zero attached hydrogens (tertiary/aromatic N) is 2. The van der Waals surface area contributed by atoms with E-state index in [1.54, 1.807) is 0 Å². The Bertz CT molecular complexity index is 1270. The molecule has 5 aliphatic carbocycles. The van der Waals surface area contributed by atoms with Gasteiger partial charge in [-0.1, -0.05) is 60.1 Å². The van der Waals surface area contributed by atoms with Crippen molar-refractivity contribution >= 4 is 17.7 Å². The first kappa shape index (κ1) is 26.8. The maximum Gasteiger partial charge on any atom is 0.410 e. The van der Waals surface area contributed by atoms with Crippen molar-refractivity contribution in [1.29, 1.82) is 5.26 Å². The van der Waals surface area contributed by atoms with Crippen LogP contribution in [-0.2, 0) is 14.3 Å². The predicted molar refractivity (Wildman–Crippen MR) is 147 cm³/mol. The van der Waals surface area contributed by atoms with E-state index >= 15 is 0 Å². The van der Waals surface area contributed by atoms with Crippen LogP contribution in [0.25, 0.3) is 0 Å². The number of amides is 1. The number of hydrogen-bond donors (Lipinski definition) is 0. The van der Waals surface area contributed by atoms with Crippen LogP contribution in [0.1, 0.15) is 87.0 Å². The van der Waals surface area contributed by atoms with Gasteiger partial charge in [-0.25, -0.2) is 4.79 Å². The zero-order valence-corrected chi connectivity index (χ0v) is 24.7. The van der Waals surface area contributed by atoms with Gasteiger partial charge in [-0.2, -0.15) is 5.26 Å². The first-order valence-electron chi connectivity index (χ1n) is 15.1. The Morgan fingerprint density at radius 1 is 1.00 bits per heavy atom. The summed E-state index contributed by atoms with van der Waals surface area (Å²) in [5.41, 5.74) is -0.711. The number of hydrogen-bond acceptors (Lipinski definition) is 5. The van der Waals surface area contributed by atoms with Crippen LogP contribution in [0.2, 0.25) is 0 Å². The van der Waals surface area contributed by atoms with Crippen molar-refractivity contribution in [3.63, 3.8) is 0 Å². The lowest BCUT2D eigenvalue weighted by atomic mass is 9.34. The highest BCUT2D eigenvalue weighted by molar-refractivity contribution is 6.04. The smallest absolute Gasteiger partial charge is 0.410 e. The molecule has 0 N–H and O–H groups in total. The van der Waals surface area contributed by atoms with Gasteiger partial charge in [0.25, 0.3) is 0 Å². The summed E-state index contributed by atoms with van der Waals surface area (Å²) in [5.74, 6) is 0.829. The van der Waals surface area contributed by atoms with Crippen LogP contribution in [0.4, 0.5) is 4.79 Å². The van der Waals surface area contributed by atoms with Crippen LogP contribution in [0.3, 0.4) is 0 Å². The van der Waals surface area contributed by atoms with E-state index in [9.17, 15) is 19.6 Å². The van der Waals surface area contributed by atoms with E-state index in [1.165, 1.54) is 0 Å². The van der Waals surface area contributed by atoms with Crippen LogP contribution >= 0.6 is 0 Å². The summed E-state index contributed by atoms with van der Waals surface area (Å²) in [6, 6.07) is 2.19. The number of allylic oxidation sites excluding steroid dienone is 4. The second-order valence-corrected chi connectivity index (χ2v) is 15.1. The molecule has 1 heterocycles. The third-order valence-corrected chi connectivity index (χ3v) is 13.5. The summed E-state index contributed by atoms with van der Waals surface area (Å²) < 4.78 is 5.47. The highest BCUT2D eigenvalue weighted by atomic mass is 16.6. The Hall–Kier alpha value is -2.42. The third-order valence-electron chi connectivity index (χ3n) is 13.5. The van der Waals surface area contributed by atoms with E-state index in [0.717, 1.165) is 44.1 Å². The molecular weight excluding hydrogens is 488 g/mol. The molecule has 0 aromatic rings. The van der Waals surface area contributed by atoms with Crippen LogP contribution < -0.4 is 0 Å². The van der Waals surface area contributed by atoms with E-state index in [2.05, 4.69) is 40.7 Å². The molecule has 39 heavy (non-hydrogen) atoms. The van der Waals surface area contributed by atoms with Crippen LogP contribution in [0.15, 0.2) is 23.3 Å². The molecule has 0 aromatic heterocycles. The molecule has 1 saturated heterocycles. The number of ether oxygens (including phenoxy) is 1. The molecule has 6 heteroatoms. The molecule has 6 rings (SSSR count). The first-order chi connectivity index (χ1) is 18.2. The van der Waals surface area contributed by atoms with Gasteiger partial charge in [-0.3, -0.25) is 14.5 Å². The van der Waals surface area contributed by atoms with Gasteiger partial charge in [0.1, 0.15) is 12.7 Å². The Morgan fingerprint density at radius 2 is 1.72 bits per heavy atom. The highest BCUT2D eigenvalue weighted by Crippen LogP contribution is 2.74. The molecule has 0 unspecified atom stereocenters. The third kappa shape index (κ3) is 3.06. The maximum absolute atomic E-state index is 14.6. The fourth-order valence-electron chi connectivity index (χ4n) is 11.1. The molecule has 9 atom stereocenters. The molecule has 6 aliphatic rings. The van der Waals surface area contributed by atoms with Gasteiger partial charge in [0.2, 0.25) is 0 Å². The highest BCUT2D eigenvalue weighted by Gasteiger charge is 2.71. The number of cyclic esters (lactones) is 1. The van der Waals surface area contributed by atoms with E-state index < -0.39 is 10.8 Å². The molecular formula is C33H44N2O4. The van der Waals surface area contributed by atoms with E-state index in [0.29, 0.717) is 25.0 Å². The van der Waals surface area contributed by atoms with Crippen molar-refractivity contribution in [1.82, 2.24) is 4.90 Å². The van der Waals surface area contributed by atoms with Crippen molar-refractivity contribution in [2.24, 2.45) is 51.2 Å². The predicted octanol–water partition coefficient (Wildman–Crippen LogP) is 6.27. The Morgan fingerprint density at radius 3 is 2.36 bits per heavy atom. The molecule has 210 valence electrons. The monoisotopic (exact) mass is 532 g/mol. The number of nitriles is 1. The molecule has 4 fully saturated rings. The topological polar surface area (TPSA) is 87.5 Å². The SMILES string of the molecule is C[C@@H]1[C@H]2[C@H]3C(=O)C=C4[C@@]5(C)C=C(C#N)C(=O)C(C)(C)[C@@H]5CC[C@@]4(C)[C@]3(C)CC[C@@]2(N2CCOC2=O)CC[C@H]1C. The van der Waals surface area contributed by atoms with Crippen LogP contribution in [-0.4, -0.2) is 41.3 Å². The fraction of sp³-hybridized carbons (Fsp3) is 0.758. The largest absolute Gasteiger partial charge is 0.448 e. The summed E-state index contributed by atoms with van der Waals surface area (Å²) in [5, 5.41) is 9.92. The van der Waals surface area contributed by atoms with Crippen LogP contribution in [0.5, 0.6) is 0 Å². The van der Waals surface area contributed by atoms with Gasteiger partial charge in [0, 0.05) is 16.7 Å². The molecule has 0 bridgehead atoms. The second kappa shape index (κ2) is 8.08. The number of ketones is 2. The first-order valence-corrected chi connectivity index (χ1v) is 15.1. The van der Waals surface area contributed by atoms with Gasteiger partial charge < -0.3 is 4.74 Å². The number of fused-ring (bicyclic) bond motifs is 7. The Kier molecular flexibility index (Phi) is 5.55. The zero-order chi connectivity index (χ0) is 28.3. The normalized spacial score (nSPS) is 48.5. The zero-order valence-electron chi connectivity index (χ0n) is 24.7. The molecule has 6 nitrogen and oxygen atoms in total. The molecule has 3 saturated carbocycles. The van der Waals surface area contributed by atoms with Gasteiger partial charge in [0.15, 0.2) is 11.6 Å². The summed E-state index contributed by atoms with van der Waals surface area (Å²) in [7, 11) is 0. The molecule has 1 amide bonds. The minimum absolute atomic E-state index is 0.0394. The number of carbonyl (C=O) groups excluding carboxylic acids is 3. The molecule has 0 aromatic carbocycles. The fourth-order valence-corrected chi connectivity index (χ4v) is 11.1. The average Bonchev–Trinajstić information content (AvgIpc) is 3.32. The lowest BCUT2D eigenvalue weighted by Gasteiger charge is -2.70. The number of carbonyl (C=O) groups is 3. The van der Waals surface area contributed by atoms with Crippen molar-refractivity contribution < 1.29 is 19.1 Å². The van der Waals surface area contributed by atoms with Crippen LogP contribution in [0, 0.1) is 62.6 Å². The van der Waals surface area contributed by atoms with Gasteiger partial charge >= 0.3 is 6.09 Å². The lowest BCUT2D eigenvalue weighted by Crippen LogP contribution is -2.70. The standard InChI is InChI=1S/C33H44N2O4/c1-19-8-11-33(35-14-15-39-28(35)38)13-12-32(7)26(25(33)20(19)2)22(36)16-24-30(5)17-21(18-34)27(37)29(3,4)23(30)9-10-31(24,32)6/h16-17,19-20,23,25-26H,8-15H2,1-7H3/t19-,20+,23+,25+,26-,30+,31-,32-,33+/m1/s1. The summed E-state index contributed by atoms with van der Waals surface area (Å²) >= 11 is 0.